The Morgan fingerprint density at radius 3 is 2.50 bits per heavy atom. The molecule has 20 heavy (non-hydrogen) atoms. The number of aliphatic carboxylic acids is 1. The minimum atomic E-state index is -0.842. The SMILES string of the molecule is COc1cc(O)ccc1Sc1ccc(CC(=O)O)cc1. The van der Waals surface area contributed by atoms with Crippen molar-refractivity contribution in [2.75, 3.05) is 7.11 Å². The maximum absolute atomic E-state index is 10.6. The fourth-order valence-electron chi connectivity index (χ4n) is 1.72. The van der Waals surface area contributed by atoms with Crippen molar-refractivity contribution in [1.82, 2.24) is 0 Å². The molecular weight excluding hydrogens is 276 g/mol. The highest BCUT2D eigenvalue weighted by Crippen LogP contribution is 2.36. The Labute approximate surface area is 121 Å². The van der Waals surface area contributed by atoms with Gasteiger partial charge < -0.3 is 14.9 Å². The van der Waals surface area contributed by atoms with Crippen LogP contribution >= 0.6 is 11.8 Å². The molecule has 2 N–H and O–H groups in total. The van der Waals surface area contributed by atoms with Crippen LogP contribution in [0, 0.1) is 0 Å². The summed E-state index contributed by atoms with van der Waals surface area (Å²) in [7, 11) is 1.55. The van der Waals surface area contributed by atoms with Gasteiger partial charge in [-0.15, -0.1) is 0 Å². The van der Waals surface area contributed by atoms with Gasteiger partial charge in [0.15, 0.2) is 0 Å². The molecule has 5 heteroatoms. The third kappa shape index (κ3) is 3.68. The van der Waals surface area contributed by atoms with E-state index in [1.807, 2.05) is 12.1 Å². The summed E-state index contributed by atoms with van der Waals surface area (Å²) >= 11 is 1.49. The molecule has 0 heterocycles. The number of benzene rings is 2. The van der Waals surface area contributed by atoms with Crippen LogP contribution in [0.3, 0.4) is 0 Å². The molecule has 2 aromatic carbocycles. The van der Waals surface area contributed by atoms with Crippen LogP contribution < -0.4 is 4.74 Å². The zero-order valence-electron chi connectivity index (χ0n) is 10.9. The van der Waals surface area contributed by atoms with Crippen molar-refractivity contribution in [2.24, 2.45) is 0 Å². The maximum Gasteiger partial charge on any atom is 0.307 e. The highest BCUT2D eigenvalue weighted by atomic mass is 32.2. The molecule has 0 fully saturated rings. The molecule has 0 spiro atoms. The third-order valence-corrected chi connectivity index (χ3v) is 3.72. The Morgan fingerprint density at radius 1 is 1.20 bits per heavy atom. The van der Waals surface area contributed by atoms with Gasteiger partial charge in [0.1, 0.15) is 11.5 Å². The molecule has 0 aromatic heterocycles. The van der Waals surface area contributed by atoms with E-state index < -0.39 is 5.97 Å². The quantitative estimate of drug-likeness (QED) is 0.885. The first-order valence-corrected chi connectivity index (χ1v) is 6.75. The van der Waals surface area contributed by atoms with Crippen LogP contribution in [-0.4, -0.2) is 23.3 Å². The van der Waals surface area contributed by atoms with Crippen LogP contribution in [0.25, 0.3) is 0 Å². The standard InChI is InChI=1S/C15H14O4S/c1-19-13-9-11(16)4-7-14(13)20-12-5-2-10(3-6-12)8-15(17)18/h2-7,9,16H,8H2,1H3,(H,17,18). The predicted octanol–water partition coefficient (Wildman–Crippen LogP) is 3.18. The van der Waals surface area contributed by atoms with Crippen molar-refractivity contribution in [3.05, 3.63) is 48.0 Å². The number of carbonyl (C=O) groups is 1. The average Bonchev–Trinajstić information content (AvgIpc) is 2.42. The van der Waals surface area contributed by atoms with Crippen molar-refractivity contribution >= 4 is 17.7 Å². The molecule has 0 saturated heterocycles. The molecule has 4 nitrogen and oxygen atoms in total. The molecule has 0 aliphatic rings. The summed E-state index contributed by atoms with van der Waals surface area (Å²) in [4.78, 5) is 12.5. The van der Waals surface area contributed by atoms with Gasteiger partial charge in [0, 0.05) is 11.0 Å². The molecule has 0 bridgehead atoms. The molecule has 0 aliphatic carbocycles. The molecule has 0 amide bonds. The number of hydrogen-bond donors (Lipinski definition) is 2. The Morgan fingerprint density at radius 2 is 1.90 bits per heavy atom. The van der Waals surface area contributed by atoms with Crippen LogP contribution in [0.1, 0.15) is 5.56 Å². The van der Waals surface area contributed by atoms with Gasteiger partial charge in [-0.25, -0.2) is 0 Å². The number of phenolic OH excluding ortho intramolecular Hbond substituents is 1. The number of carboxylic acid groups (broad SMARTS) is 1. The Kier molecular flexibility index (Phi) is 4.53. The highest BCUT2D eigenvalue weighted by Gasteiger charge is 2.07. The van der Waals surface area contributed by atoms with Crippen molar-refractivity contribution in [1.29, 1.82) is 0 Å². The smallest absolute Gasteiger partial charge is 0.307 e. The van der Waals surface area contributed by atoms with Crippen molar-refractivity contribution in [2.45, 2.75) is 16.2 Å². The second-order valence-electron chi connectivity index (χ2n) is 4.15. The molecular formula is C15H14O4S. The third-order valence-electron chi connectivity index (χ3n) is 2.65. The monoisotopic (exact) mass is 290 g/mol. The summed E-state index contributed by atoms with van der Waals surface area (Å²) in [6, 6.07) is 12.3. The van der Waals surface area contributed by atoms with E-state index in [2.05, 4.69) is 0 Å². The van der Waals surface area contributed by atoms with Crippen molar-refractivity contribution < 1.29 is 19.7 Å². The Hall–Kier alpha value is -2.14. The van der Waals surface area contributed by atoms with Gasteiger partial charge >= 0.3 is 5.97 Å². The number of carboxylic acids is 1. The first-order valence-electron chi connectivity index (χ1n) is 5.94. The van der Waals surface area contributed by atoms with E-state index in [1.54, 1.807) is 37.4 Å². The fourth-order valence-corrected chi connectivity index (χ4v) is 2.62. The molecule has 2 rings (SSSR count). The molecule has 2 aromatic rings. The predicted molar refractivity (Wildman–Crippen MR) is 76.6 cm³/mol. The van der Waals surface area contributed by atoms with Gasteiger partial charge in [0.2, 0.25) is 0 Å². The zero-order chi connectivity index (χ0) is 14.5. The second kappa shape index (κ2) is 6.34. The summed E-state index contributed by atoms with van der Waals surface area (Å²) in [5, 5.41) is 18.1. The minimum absolute atomic E-state index is 0.0213. The largest absolute Gasteiger partial charge is 0.508 e. The first-order chi connectivity index (χ1) is 9.58. The van der Waals surface area contributed by atoms with E-state index in [0.717, 1.165) is 15.4 Å². The summed E-state index contributed by atoms with van der Waals surface area (Å²) in [5.74, 6) is -0.0850. The lowest BCUT2D eigenvalue weighted by molar-refractivity contribution is -0.136. The minimum Gasteiger partial charge on any atom is -0.508 e. The van der Waals surface area contributed by atoms with Gasteiger partial charge in [0.25, 0.3) is 0 Å². The highest BCUT2D eigenvalue weighted by molar-refractivity contribution is 7.99. The van der Waals surface area contributed by atoms with Crippen molar-refractivity contribution in [3.63, 3.8) is 0 Å². The molecule has 0 aliphatic heterocycles. The van der Waals surface area contributed by atoms with E-state index in [0.29, 0.717) is 5.75 Å². The fraction of sp³-hybridized carbons (Fsp3) is 0.133. The molecule has 0 saturated carbocycles. The van der Waals surface area contributed by atoms with Gasteiger partial charge in [-0.05, 0) is 29.8 Å². The van der Waals surface area contributed by atoms with Gasteiger partial charge in [0.05, 0.1) is 18.4 Å². The number of ether oxygens (including phenoxy) is 1. The topological polar surface area (TPSA) is 66.8 Å². The number of methoxy groups -OCH3 is 1. The van der Waals surface area contributed by atoms with Crippen LogP contribution in [-0.2, 0) is 11.2 Å². The number of rotatable bonds is 5. The number of aromatic hydroxyl groups is 1. The summed E-state index contributed by atoms with van der Waals surface area (Å²) in [6.45, 7) is 0. The summed E-state index contributed by atoms with van der Waals surface area (Å²) < 4.78 is 5.22. The second-order valence-corrected chi connectivity index (χ2v) is 5.27. The summed E-state index contributed by atoms with van der Waals surface area (Å²) in [6.07, 6.45) is 0.0213. The lowest BCUT2D eigenvalue weighted by Gasteiger charge is -2.08. The average molecular weight is 290 g/mol. The van der Waals surface area contributed by atoms with Crippen molar-refractivity contribution in [3.8, 4) is 11.5 Å². The normalized spacial score (nSPS) is 10.2. The molecule has 104 valence electrons. The molecule has 0 radical (unpaired) electrons. The van der Waals surface area contributed by atoms with Crippen LogP contribution in [0.4, 0.5) is 0 Å². The van der Waals surface area contributed by atoms with E-state index in [-0.39, 0.29) is 12.2 Å². The van der Waals surface area contributed by atoms with E-state index in [4.69, 9.17) is 9.84 Å². The number of phenols is 1. The lowest BCUT2D eigenvalue weighted by Crippen LogP contribution is -1.99. The Bertz CT molecular complexity index is 608. The molecule has 0 atom stereocenters. The van der Waals surface area contributed by atoms with E-state index in [9.17, 15) is 9.90 Å². The maximum atomic E-state index is 10.6. The van der Waals surface area contributed by atoms with Crippen LogP contribution in [0.2, 0.25) is 0 Å². The van der Waals surface area contributed by atoms with E-state index in [1.165, 1.54) is 11.8 Å². The first kappa shape index (κ1) is 14.3. The van der Waals surface area contributed by atoms with Crippen LogP contribution in [0.5, 0.6) is 11.5 Å². The Balaban J connectivity index is 2.16. The number of hydrogen-bond acceptors (Lipinski definition) is 4. The van der Waals surface area contributed by atoms with Crippen LogP contribution in [0.15, 0.2) is 52.3 Å². The zero-order valence-corrected chi connectivity index (χ0v) is 11.7. The van der Waals surface area contributed by atoms with Gasteiger partial charge in [-0.2, -0.15) is 0 Å². The summed E-state index contributed by atoms with van der Waals surface area (Å²) in [5.41, 5.74) is 0.763. The van der Waals surface area contributed by atoms with Gasteiger partial charge in [-0.1, -0.05) is 23.9 Å². The molecule has 0 unspecified atom stereocenters. The van der Waals surface area contributed by atoms with Gasteiger partial charge in [-0.3, -0.25) is 4.79 Å². The lowest BCUT2D eigenvalue weighted by atomic mass is 10.2. The van der Waals surface area contributed by atoms with E-state index >= 15 is 0 Å².